The summed E-state index contributed by atoms with van der Waals surface area (Å²) in [7, 11) is 0. The Morgan fingerprint density at radius 1 is 0.882 bits per heavy atom. The van der Waals surface area contributed by atoms with E-state index >= 15 is 0 Å². The predicted molar refractivity (Wildman–Crippen MR) is 80.3 cm³/mol. The molecule has 0 fully saturated rings. The highest BCUT2D eigenvalue weighted by atomic mass is 14.4. The van der Waals surface area contributed by atoms with E-state index in [2.05, 4.69) is 48.5 Å². The summed E-state index contributed by atoms with van der Waals surface area (Å²) in [5.74, 6) is 2.62. The molecule has 4 atom stereocenters. The van der Waals surface area contributed by atoms with Crippen LogP contribution in [0, 0.1) is 23.2 Å². The Hall–Kier alpha value is 0. The summed E-state index contributed by atoms with van der Waals surface area (Å²) in [4.78, 5) is 0. The van der Waals surface area contributed by atoms with Crippen LogP contribution in [0.25, 0.3) is 0 Å². The fourth-order valence-corrected chi connectivity index (χ4v) is 3.24. The van der Waals surface area contributed by atoms with E-state index in [1.54, 1.807) is 0 Å². The van der Waals surface area contributed by atoms with Crippen LogP contribution in [0.1, 0.15) is 87.0 Å². The van der Waals surface area contributed by atoms with Gasteiger partial charge in [0.05, 0.1) is 0 Å². The Kier molecular flexibility index (Phi) is 8.16. The molecule has 0 rings (SSSR count). The average Bonchev–Trinajstić information content (AvgIpc) is 2.28. The van der Waals surface area contributed by atoms with Crippen molar-refractivity contribution in [2.24, 2.45) is 23.2 Å². The zero-order valence-electron chi connectivity index (χ0n) is 13.5. The van der Waals surface area contributed by atoms with Crippen LogP contribution < -0.4 is 0 Å². The first-order valence-corrected chi connectivity index (χ1v) is 7.91. The molecule has 0 saturated heterocycles. The lowest BCUT2D eigenvalue weighted by Gasteiger charge is -2.39. The fourth-order valence-electron chi connectivity index (χ4n) is 3.24. The maximum absolute atomic E-state index is 2.54. The quantitative estimate of drug-likeness (QED) is 0.443. The third-order valence-corrected chi connectivity index (χ3v) is 5.14. The summed E-state index contributed by atoms with van der Waals surface area (Å²) in [5, 5.41) is 0. The highest BCUT2D eigenvalue weighted by Crippen LogP contribution is 2.42. The fraction of sp³-hybridized carbons (Fsp3) is 1.00. The molecule has 0 heterocycles. The third-order valence-electron chi connectivity index (χ3n) is 5.14. The summed E-state index contributed by atoms with van der Waals surface area (Å²) < 4.78 is 0. The first-order valence-electron chi connectivity index (χ1n) is 7.91. The van der Waals surface area contributed by atoms with E-state index in [1.165, 1.54) is 38.5 Å². The Labute approximate surface area is 111 Å². The molecule has 0 aromatic heterocycles. The second kappa shape index (κ2) is 8.16. The Balaban J connectivity index is 4.58. The number of rotatable bonds is 9. The van der Waals surface area contributed by atoms with Crippen molar-refractivity contribution in [3.63, 3.8) is 0 Å². The lowest BCUT2D eigenvalue weighted by Crippen LogP contribution is -2.29. The topological polar surface area (TPSA) is 0 Å². The van der Waals surface area contributed by atoms with Gasteiger partial charge in [0.15, 0.2) is 0 Å². The van der Waals surface area contributed by atoms with Gasteiger partial charge in [-0.1, -0.05) is 74.1 Å². The van der Waals surface area contributed by atoms with Gasteiger partial charge in [0.25, 0.3) is 0 Å². The summed E-state index contributed by atoms with van der Waals surface area (Å²) in [6.07, 6.45) is 8.19. The molecule has 104 valence electrons. The van der Waals surface area contributed by atoms with E-state index in [0.29, 0.717) is 5.41 Å². The Bertz CT molecular complexity index is 184. The highest BCUT2D eigenvalue weighted by Gasteiger charge is 2.32. The average molecular weight is 240 g/mol. The van der Waals surface area contributed by atoms with Crippen LogP contribution >= 0.6 is 0 Å². The second-order valence-corrected chi connectivity index (χ2v) is 6.66. The minimum atomic E-state index is 0.563. The van der Waals surface area contributed by atoms with Crippen molar-refractivity contribution in [1.29, 1.82) is 0 Å². The van der Waals surface area contributed by atoms with Gasteiger partial charge in [0, 0.05) is 0 Å². The smallest absolute Gasteiger partial charge is 0.0298 e. The molecule has 4 unspecified atom stereocenters. The summed E-state index contributed by atoms with van der Waals surface area (Å²) in [5.41, 5.74) is 0.563. The molecule has 0 aliphatic carbocycles. The van der Waals surface area contributed by atoms with Gasteiger partial charge in [-0.2, -0.15) is 0 Å². The van der Waals surface area contributed by atoms with Crippen molar-refractivity contribution in [3.05, 3.63) is 0 Å². The minimum Gasteiger partial charge on any atom is -0.0654 e. The van der Waals surface area contributed by atoms with Crippen molar-refractivity contribution in [2.75, 3.05) is 0 Å². The maximum atomic E-state index is 2.54. The van der Waals surface area contributed by atoms with Crippen molar-refractivity contribution in [1.82, 2.24) is 0 Å². The van der Waals surface area contributed by atoms with Crippen LogP contribution in [0.4, 0.5) is 0 Å². The highest BCUT2D eigenvalue weighted by molar-refractivity contribution is 4.82. The van der Waals surface area contributed by atoms with E-state index in [0.717, 1.165) is 17.8 Å². The summed E-state index contributed by atoms with van der Waals surface area (Å²) in [6.45, 7) is 16.9. The van der Waals surface area contributed by atoms with Gasteiger partial charge in [-0.3, -0.25) is 0 Å². The lowest BCUT2D eigenvalue weighted by molar-refractivity contribution is 0.113. The van der Waals surface area contributed by atoms with E-state index in [-0.39, 0.29) is 0 Å². The van der Waals surface area contributed by atoms with Gasteiger partial charge in [0.2, 0.25) is 0 Å². The zero-order valence-corrected chi connectivity index (χ0v) is 13.5. The van der Waals surface area contributed by atoms with Crippen LogP contribution in [-0.2, 0) is 0 Å². The van der Waals surface area contributed by atoms with Gasteiger partial charge in [-0.25, -0.2) is 0 Å². The molecule has 0 nitrogen and oxygen atoms in total. The monoisotopic (exact) mass is 240 g/mol. The molecule has 0 aromatic rings. The first kappa shape index (κ1) is 17.0. The molecule has 0 heteroatoms. The summed E-state index contributed by atoms with van der Waals surface area (Å²) >= 11 is 0. The molecule has 0 N–H and O–H groups in total. The largest absolute Gasteiger partial charge is 0.0654 e. The van der Waals surface area contributed by atoms with Gasteiger partial charge in [0.1, 0.15) is 0 Å². The van der Waals surface area contributed by atoms with Crippen LogP contribution in [-0.4, -0.2) is 0 Å². The van der Waals surface area contributed by atoms with Gasteiger partial charge in [-0.15, -0.1) is 0 Å². The molecule has 0 aliphatic rings. The Morgan fingerprint density at radius 2 is 1.47 bits per heavy atom. The molecule has 0 amide bonds. The summed E-state index contributed by atoms with van der Waals surface area (Å²) in [6, 6.07) is 0. The van der Waals surface area contributed by atoms with Crippen molar-refractivity contribution in [3.8, 4) is 0 Å². The molecule has 0 radical (unpaired) electrons. The first-order chi connectivity index (χ1) is 7.91. The van der Waals surface area contributed by atoms with Crippen molar-refractivity contribution >= 4 is 0 Å². The normalized spacial score (nSPS) is 20.6. The molecule has 0 aliphatic heterocycles. The van der Waals surface area contributed by atoms with Crippen molar-refractivity contribution < 1.29 is 0 Å². The van der Waals surface area contributed by atoms with Gasteiger partial charge in [-0.05, 0) is 36.0 Å². The van der Waals surface area contributed by atoms with Gasteiger partial charge < -0.3 is 0 Å². The molecular weight excluding hydrogens is 204 g/mol. The third kappa shape index (κ3) is 5.44. The van der Waals surface area contributed by atoms with Crippen LogP contribution in [0.3, 0.4) is 0 Å². The molecular formula is C17H36. The van der Waals surface area contributed by atoms with E-state index < -0.39 is 0 Å². The van der Waals surface area contributed by atoms with Crippen LogP contribution in [0.2, 0.25) is 0 Å². The Morgan fingerprint density at radius 3 is 1.88 bits per heavy atom. The van der Waals surface area contributed by atoms with E-state index in [1.807, 2.05) is 0 Å². The molecule has 0 aromatic carbocycles. The van der Waals surface area contributed by atoms with Gasteiger partial charge >= 0.3 is 0 Å². The molecule has 0 bridgehead atoms. The number of hydrogen-bond donors (Lipinski definition) is 0. The van der Waals surface area contributed by atoms with Crippen molar-refractivity contribution in [2.45, 2.75) is 87.0 Å². The SMILES string of the molecule is CCCC(C)C(C)(CCC)CC(C)C(C)CC. The lowest BCUT2D eigenvalue weighted by atomic mass is 9.66. The van der Waals surface area contributed by atoms with Crippen LogP contribution in [0.5, 0.6) is 0 Å². The predicted octanol–water partition coefficient (Wildman–Crippen LogP) is 6.30. The number of hydrogen-bond acceptors (Lipinski definition) is 0. The second-order valence-electron chi connectivity index (χ2n) is 6.66. The zero-order chi connectivity index (χ0) is 13.5. The minimum absolute atomic E-state index is 0.563. The van der Waals surface area contributed by atoms with Crippen LogP contribution in [0.15, 0.2) is 0 Å². The molecule has 17 heavy (non-hydrogen) atoms. The maximum Gasteiger partial charge on any atom is -0.0298 e. The standard InChI is InChI=1S/C17H36/c1-8-11-16(6)17(7,12-9-2)13-15(5)14(4)10-3/h14-16H,8-13H2,1-7H3. The van der Waals surface area contributed by atoms with E-state index in [4.69, 9.17) is 0 Å². The molecule has 0 saturated carbocycles. The van der Waals surface area contributed by atoms with E-state index in [9.17, 15) is 0 Å². The molecule has 0 spiro atoms.